The fraction of sp³-hybridized carbons (Fsp3) is 0.538. The van der Waals surface area contributed by atoms with E-state index in [-0.39, 0.29) is 12.6 Å². The van der Waals surface area contributed by atoms with E-state index < -0.39 is 0 Å². The van der Waals surface area contributed by atoms with Gasteiger partial charge in [0.15, 0.2) is 0 Å². The highest BCUT2D eigenvalue weighted by molar-refractivity contribution is 5.37. The van der Waals surface area contributed by atoms with Gasteiger partial charge in [0.1, 0.15) is 12.4 Å². The maximum atomic E-state index is 8.53. The summed E-state index contributed by atoms with van der Waals surface area (Å²) in [5.74, 6) is 0.849. The van der Waals surface area contributed by atoms with Crippen LogP contribution in [0.2, 0.25) is 0 Å². The smallest absolute Gasteiger partial charge is 0.122 e. The molecule has 0 radical (unpaired) electrons. The van der Waals surface area contributed by atoms with E-state index in [4.69, 9.17) is 20.3 Å². The number of rotatable bonds is 7. The zero-order chi connectivity index (χ0) is 12.7. The van der Waals surface area contributed by atoms with Gasteiger partial charge >= 0.3 is 0 Å². The summed E-state index contributed by atoms with van der Waals surface area (Å²) in [4.78, 5) is 0. The van der Waals surface area contributed by atoms with Crippen molar-refractivity contribution < 1.29 is 14.6 Å². The van der Waals surface area contributed by atoms with Gasteiger partial charge in [0, 0.05) is 6.04 Å². The van der Waals surface area contributed by atoms with Crippen molar-refractivity contribution in [3.8, 4) is 5.75 Å². The highest BCUT2D eigenvalue weighted by Crippen LogP contribution is 2.21. The molecule has 17 heavy (non-hydrogen) atoms. The van der Waals surface area contributed by atoms with E-state index in [2.05, 4.69) is 0 Å². The van der Waals surface area contributed by atoms with Crippen LogP contribution in [0.15, 0.2) is 18.2 Å². The lowest BCUT2D eigenvalue weighted by Gasteiger charge is -2.12. The first-order valence-electron chi connectivity index (χ1n) is 5.82. The van der Waals surface area contributed by atoms with Crippen LogP contribution in [0.5, 0.6) is 5.75 Å². The van der Waals surface area contributed by atoms with Crippen LogP contribution in [0.3, 0.4) is 0 Å². The lowest BCUT2D eigenvalue weighted by Crippen LogP contribution is -2.10. The largest absolute Gasteiger partial charge is 0.491 e. The number of aliphatic hydroxyl groups is 1. The van der Waals surface area contributed by atoms with Gasteiger partial charge in [-0.05, 0) is 31.0 Å². The number of hydrogen-bond acceptors (Lipinski definition) is 4. The van der Waals surface area contributed by atoms with Crippen LogP contribution in [-0.2, 0) is 4.74 Å². The molecule has 1 aromatic rings. The maximum Gasteiger partial charge on any atom is 0.122 e. The van der Waals surface area contributed by atoms with Crippen molar-refractivity contribution in [2.24, 2.45) is 5.73 Å². The molecule has 0 saturated heterocycles. The van der Waals surface area contributed by atoms with Crippen LogP contribution in [0.1, 0.15) is 24.1 Å². The van der Waals surface area contributed by atoms with E-state index in [1.54, 1.807) is 0 Å². The van der Waals surface area contributed by atoms with Crippen molar-refractivity contribution in [2.45, 2.75) is 19.9 Å². The average Bonchev–Trinajstić information content (AvgIpc) is 2.30. The van der Waals surface area contributed by atoms with Crippen molar-refractivity contribution in [1.82, 2.24) is 0 Å². The normalized spacial score (nSPS) is 12.5. The summed E-state index contributed by atoms with van der Waals surface area (Å²) >= 11 is 0. The molecule has 0 saturated carbocycles. The van der Waals surface area contributed by atoms with Gasteiger partial charge in [-0.2, -0.15) is 0 Å². The highest BCUT2D eigenvalue weighted by atomic mass is 16.5. The Balaban J connectivity index is 2.43. The van der Waals surface area contributed by atoms with E-state index in [9.17, 15) is 0 Å². The molecule has 3 N–H and O–H groups in total. The predicted molar refractivity (Wildman–Crippen MR) is 67.2 cm³/mol. The van der Waals surface area contributed by atoms with Crippen molar-refractivity contribution in [3.63, 3.8) is 0 Å². The van der Waals surface area contributed by atoms with Crippen molar-refractivity contribution >= 4 is 0 Å². The average molecular weight is 239 g/mol. The molecule has 0 amide bonds. The molecule has 0 spiro atoms. The molecule has 96 valence electrons. The monoisotopic (exact) mass is 239 g/mol. The summed E-state index contributed by atoms with van der Waals surface area (Å²) in [5, 5.41) is 8.53. The Bertz CT molecular complexity index is 339. The van der Waals surface area contributed by atoms with Crippen molar-refractivity contribution in [1.29, 1.82) is 0 Å². The molecule has 1 rings (SSSR count). The van der Waals surface area contributed by atoms with Gasteiger partial charge in [-0.25, -0.2) is 0 Å². The minimum absolute atomic E-state index is 0.0376. The fourth-order valence-corrected chi connectivity index (χ4v) is 1.49. The zero-order valence-electron chi connectivity index (χ0n) is 10.5. The zero-order valence-corrected chi connectivity index (χ0v) is 10.5. The highest BCUT2D eigenvalue weighted by Gasteiger charge is 2.04. The van der Waals surface area contributed by atoms with E-state index in [0.717, 1.165) is 16.9 Å². The van der Waals surface area contributed by atoms with E-state index in [1.165, 1.54) is 0 Å². The van der Waals surface area contributed by atoms with Crippen LogP contribution < -0.4 is 10.5 Å². The summed E-state index contributed by atoms with van der Waals surface area (Å²) in [5.41, 5.74) is 7.98. The third-order valence-electron chi connectivity index (χ3n) is 2.45. The summed E-state index contributed by atoms with van der Waals surface area (Å²) in [6, 6.07) is 5.98. The molecule has 0 aliphatic heterocycles. The SMILES string of the molecule is Cc1cc([C@@H](C)N)ccc1OCCOCCO. The Labute approximate surface area is 102 Å². The number of nitrogens with two attached hydrogens (primary N) is 1. The first-order valence-corrected chi connectivity index (χ1v) is 5.82. The third-order valence-corrected chi connectivity index (χ3v) is 2.45. The van der Waals surface area contributed by atoms with Crippen LogP contribution in [0.4, 0.5) is 0 Å². The second kappa shape index (κ2) is 7.27. The molecule has 1 aromatic carbocycles. The second-order valence-corrected chi connectivity index (χ2v) is 4.00. The summed E-state index contributed by atoms with van der Waals surface area (Å²) in [6.07, 6.45) is 0. The van der Waals surface area contributed by atoms with Gasteiger partial charge in [0.05, 0.1) is 19.8 Å². The molecular weight excluding hydrogens is 218 g/mol. The minimum Gasteiger partial charge on any atom is -0.491 e. The predicted octanol–water partition coefficient (Wildman–Crippen LogP) is 1.40. The topological polar surface area (TPSA) is 64.7 Å². The quantitative estimate of drug-likeness (QED) is 0.706. The summed E-state index contributed by atoms with van der Waals surface area (Å²) in [7, 11) is 0. The molecule has 0 aliphatic rings. The number of benzene rings is 1. The number of aliphatic hydroxyl groups excluding tert-OH is 1. The van der Waals surface area contributed by atoms with Gasteiger partial charge in [0.25, 0.3) is 0 Å². The van der Waals surface area contributed by atoms with E-state index in [0.29, 0.717) is 19.8 Å². The van der Waals surface area contributed by atoms with E-state index in [1.807, 2.05) is 32.0 Å². The number of hydrogen-bond donors (Lipinski definition) is 2. The Morgan fingerprint density at radius 3 is 2.65 bits per heavy atom. The molecule has 0 bridgehead atoms. The Hall–Kier alpha value is -1.10. The molecule has 1 atom stereocenters. The minimum atomic E-state index is 0.0376. The molecule has 0 unspecified atom stereocenters. The second-order valence-electron chi connectivity index (χ2n) is 4.00. The molecular formula is C13H21NO3. The van der Waals surface area contributed by atoms with Crippen molar-refractivity contribution in [3.05, 3.63) is 29.3 Å². The van der Waals surface area contributed by atoms with Gasteiger partial charge in [-0.1, -0.05) is 12.1 Å². The van der Waals surface area contributed by atoms with Crippen LogP contribution in [0.25, 0.3) is 0 Å². The fourth-order valence-electron chi connectivity index (χ4n) is 1.49. The van der Waals surface area contributed by atoms with Crippen LogP contribution in [0, 0.1) is 6.92 Å². The first-order chi connectivity index (χ1) is 8.15. The lowest BCUT2D eigenvalue weighted by atomic mass is 10.1. The Morgan fingerprint density at radius 1 is 1.29 bits per heavy atom. The molecule has 0 fully saturated rings. The lowest BCUT2D eigenvalue weighted by molar-refractivity contribution is 0.0703. The summed E-state index contributed by atoms with van der Waals surface area (Å²) in [6.45, 7) is 5.31. The van der Waals surface area contributed by atoms with Gasteiger partial charge in [-0.15, -0.1) is 0 Å². The first kappa shape index (κ1) is 14.0. The summed E-state index contributed by atoms with van der Waals surface area (Å²) < 4.78 is 10.7. The molecule has 0 heterocycles. The third kappa shape index (κ3) is 4.73. The standard InChI is InChI=1S/C13H21NO3/c1-10-9-12(11(2)14)3-4-13(10)17-8-7-16-6-5-15/h3-4,9,11,15H,5-8,14H2,1-2H3/t11-/m1/s1. The molecule has 0 aliphatic carbocycles. The number of ether oxygens (including phenoxy) is 2. The molecule has 4 nitrogen and oxygen atoms in total. The molecule has 0 aromatic heterocycles. The van der Waals surface area contributed by atoms with Crippen molar-refractivity contribution in [2.75, 3.05) is 26.4 Å². The van der Waals surface area contributed by atoms with Gasteiger partial charge in [0.2, 0.25) is 0 Å². The van der Waals surface area contributed by atoms with Crippen LogP contribution >= 0.6 is 0 Å². The van der Waals surface area contributed by atoms with Crippen LogP contribution in [-0.4, -0.2) is 31.5 Å². The number of aryl methyl sites for hydroxylation is 1. The molecule has 4 heteroatoms. The maximum absolute atomic E-state index is 8.53. The Kier molecular flexibility index (Phi) is 5.97. The van der Waals surface area contributed by atoms with E-state index >= 15 is 0 Å². The van der Waals surface area contributed by atoms with Gasteiger partial charge in [-0.3, -0.25) is 0 Å². The Morgan fingerprint density at radius 2 is 2.06 bits per heavy atom. The van der Waals surface area contributed by atoms with Gasteiger partial charge < -0.3 is 20.3 Å².